The van der Waals surface area contributed by atoms with E-state index in [0.717, 1.165) is 13.1 Å². The Hall–Kier alpha value is -1.39. The number of hydrogen-bond donors (Lipinski definition) is 2. The van der Waals surface area contributed by atoms with Gasteiger partial charge < -0.3 is 25.0 Å². The molecule has 9 nitrogen and oxygen atoms in total. The summed E-state index contributed by atoms with van der Waals surface area (Å²) < 4.78 is 25.4. The molecule has 0 aromatic heterocycles. The van der Waals surface area contributed by atoms with E-state index in [1.54, 1.807) is 9.80 Å². The molecule has 2 saturated heterocycles. The minimum absolute atomic E-state index is 0.119. The predicted molar refractivity (Wildman–Crippen MR) is 137 cm³/mol. The van der Waals surface area contributed by atoms with Crippen LogP contribution in [0.5, 0.6) is 0 Å². The first-order valence-electron chi connectivity index (χ1n) is 12.1. The summed E-state index contributed by atoms with van der Waals surface area (Å²) in [5, 5.41) is 0. The van der Waals surface area contributed by atoms with Crippen molar-refractivity contribution in [1.29, 1.82) is 0 Å². The van der Waals surface area contributed by atoms with E-state index >= 15 is 0 Å². The Morgan fingerprint density at radius 3 is 1.47 bits per heavy atom. The quantitative estimate of drug-likeness (QED) is 0.606. The molecule has 34 heavy (non-hydrogen) atoms. The van der Waals surface area contributed by atoms with E-state index in [4.69, 9.17) is 15.2 Å². The second-order valence-electron chi connectivity index (χ2n) is 12.4. The summed E-state index contributed by atoms with van der Waals surface area (Å²) in [5.41, 5.74) is 4.84. The molecule has 10 heteroatoms. The first-order valence-corrected chi connectivity index (χ1v) is 13.2. The second kappa shape index (κ2) is 11.6. The van der Waals surface area contributed by atoms with Gasteiger partial charge in [-0.25, -0.2) is 18.5 Å². The molecule has 2 aliphatic rings. The second-order valence-corrected chi connectivity index (χ2v) is 14.4. The van der Waals surface area contributed by atoms with Gasteiger partial charge in [-0.15, -0.1) is 0 Å². The van der Waals surface area contributed by atoms with Crippen LogP contribution >= 0.6 is 0 Å². The van der Waals surface area contributed by atoms with Gasteiger partial charge in [0, 0.05) is 50.1 Å². The fourth-order valence-electron chi connectivity index (χ4n) is 3.07. The highest BCUT2D eigenvalue weighted by molar-refractivity contribution is 7.84. The van der Waals surface area contributed by atoms with Crippen LogP contribution in [0.25, 0.3) is 0 Å². The Kier molecular flexibility index (Phi) is 10.4. The molecule has 2 rings (SSSR count). The van der Waals surface area contributed by atoms with Gasteiger partial charge in [0.15, 0.2) is 0 Å². The molecule has 0 aliphatic carbocycles. The number of carbonyl (C=O) groups is 2. The highest BCUT2D eigenvalue weighted by Crippen LogP contribution is 2.23. The Labute approximate surface area is 209 Å². The lowest BCUT2D eigenvalue weighted by atomic mass is 9.94. The lowest BCUT2D eigenvalue weighted by Gasteiger charge is -2.43. The predicted octanol–water partition coefficient (Wildman–Crippen LogP) is 3.49. The number of carbonyl (C=O) groups excluding carboxylic acids is 2. The standard InChI is InChI=1S/C14H28N2O3S.C10H20N2O2/c1-10(15-20(18)14(5,6)7)11-8-16(9-11)12(17)19-13(2,3)4;1-7(11)8-5-12(6-8)9(13)14-10(2,3)4/h10-11,15H,8-9H2,1-7H3;7-8H,5-6,11H2,1-4H3. The maximum absolute atomic E-state index is 12.0. The fourth-order valence-corrected chi connectivity index (χ4v) is 3.95. The third-order valence-corrected chi connectivity index (χ3v) is 7.12. The first-order chi connectivity index (χ1) is 15.2. The number of likely N-dealkylation sites (tertiary alicyclic amines) is 2. The van der Waals surface area contributed by atoms with E-state index in [1.165, 1.54) is 0 Å². The van der Waals surface area contributed by atoms with Gasteiger partial charge in [-0.2, -0.15) is 0 Å². The summed E-state index contributed by atoms with van der Waals surface area (Å²) in [4.78, 5) is 26.7. The van der Waals surface area contributed by atoms with Crippen molar-refractivity contribution in [3.8, 4) is 0 Å². The van der Waals surface area contributed by atoms with E-state index in [2.05, 4.69) is 4.72 Å². The van der Waals surface area contributed by atoms with Crippen LogP contribution in [0, 0.1) is 11.8 Å². The number of amides is 2. The van der Waals surface area contributed by atoms with Crippen molar-refractivity contribution < 1.29 is 23.3 Å². The van der Waals surface area contributed by atoms with Crippen LogP contribution in [-0.2, 0) is 20.5 Å². The third kappa shape index (κ3) is 10.5. The number of hydrogen-bond acceptors (Lipinski definition) is 6. The van der Waals surface area contributed by atoms with Crippen LogP contribution in [0.1, 0.15) is 76.2 Å². The first kappa shape index (κ1) is 30.6. The summed E-state index contributed by atoms with van der Waals surface area (Å²) in [6.45, 7) is 23.8. The van der Waals surface area contributed by atoms with E-state index in [-0.39, 0.29) is 29.0 Å². The minimum atomic E-state index is -1.08. The van der Waals surface area contributed by atoms with Gasteiger partial charge in [0.1, 0.15) is 11.2 Å². The van der Waals surface area contributed by atoms with Crippen molar-refractivity contribution in [3.05, 3.63) is 0 Å². The molecule has 0 aromatic carbocycles. The van der Waals surface area contributed by atoms with Gasteiger partial charge in [-0.05, 0) is 76.2 Å². The zero-order valence-electron chi connectivity index (χ0n) is 23.1. The number of ether oxygens (including phenoxy) is 2. The van der Waals surface area contributed by atoms with Crippen molar-refractivity contribution >= 4 is 23.2 Å². The van der Waals surface area contributed by atoms with Crippen LogP contribution in [0.2, 0.25) is 0 Å². The average molecular weight is 505 g/mol. The van der Waals surface area contributed by atoms with Crippen LogP contribution in [0.3, 0.4) is 0 Å². The van der Waals surface area contributed by atoms with Crippen molar-refractivity contribution in [1.82, 2.24) is 14.5 Å². The Morgan fingerprint density at radius 1 is 0.824 bits per heavy atom. The maximum Gasteiger partial charge on any atom is 0.410 e. The normalized spacial score (nSPS) is 20.2. The Bertz CT molecular complexity index is 712. The molecular formula is C24H48N4O5S. The summed E-state index contributed by atoms with van der Waals surface area (Å²) in [6, 6.07) is 0.280. The van der Waals surface area contributed by atoms with E-state index < -0.39 is 22.2 Å². The number of nitrogens with zero attached hydrogens (tertiary/aromatic N) is 2. The largest absolute Gasteiger partial charge is 0.444 e. The van der Waals surface area contributed by atoms with Crippen molar-refractivity contribution in [2.24, 2.45) is 17.6 Å². The lowest BCUT2D eigenvalue weighted by molar-refractivity contribution is -0.00503. The summed E-state index contributed by atoms with van der Waals surface area (Å²) in [6.07, 6.45) is -0.493. The number of rotatable bonds is 4. The van der Waals surface area contributed by atoms with Gasteiger partial charge >= 0.3 is 12.2 Å². The van der Waals surface area contributed by atoms with E-state index in [0.29, 0.717) is 24.9 Å². The van der Waals surface area contributed by atoms with Crippen LogP contribution in [-0.4, -0.2) is 80.4 Å². The molecule has 3 N–H and O–H groups in total. The van der Waals surface area contributed by atoms with Crippen molar-refractivity contribution in [3.63, 3.8) is 0 Å². The third-order valence-electron chi connectivity index (χ3n) is 5.42. The van der Waals surface area contributed by atoms with Gasteiger partial charge in [0.2, 0.25) is 0 Å². The molecule has 200 valence electrons. The molecule has 2 fully saturated rings. The lowest BCUT2D eigenvalue weighted by Crippen LogP contribution is -2.58. The molecule has 2 amide bonds. The SMILES string of the molecule is CC(N)C1CN(C(=O)OC(C)(C)C)C1.CC(NS(=O)C(C)(C)C)C1CN(C(=O)OC(C)(C)C)C1. The summed E-state index contributed by atoms with van der Waals surface area (Å²) in [7, 11) is -1.08. The highest BCUT2D eigenvalue weighted by atomic mass is 32.2. The zero-order valence-corrected chi connectivity index (χ0v) is 23.9. The molecule has 2 aliphatic heterocycles. The number of nitrogens with one attached hydrogen (secondary N) is 1. The molecule has 3 unspecified atom stereocenters. The molecule has 0 spiro atoms. The average Bonchev–Trinajstić information content (AvgIpc) is 2.47. The van der Waals surface area contributed by atoms with Crippen molar-refractivity contribution in [2.45, 2.75) is 104 Å². The zero-order chi connectivity index (χ0) is 26.6. The van der Waals surface area contributed by atoms with Gasteiger partial charge in [0.25, 0.3) is 0 Å². The molecule has 2 heterocycles. The fraction of sp³-hybridized carbons (Fsp3) is 0.917. The molecular weight excluding hydrogens is 456 g/mol. The number of nitrogens with two attached hydrogens (primary N) is 1. The summed E-state index contributed by atoms with van der Waals surface area (Å²) in [5.74, 6) is 0.760. The molecule has 0 aromatic rings. The minimum Gasteiger partial charge on any atom is -0.444 e. The van der Waals surface area contributed by atoms with Crippen LogP contribution in [0.15, 0.2) is 0 Å². The molecule has 0 radical (unpaired) electrons. The molecule has 3 atom stereocenters. The Balaban J connectivity index is 0.000000362. The van der Waals surface area contributed by atoms with Gasteiger partial charge in [-0.3, -0.25) is 0 Å². The molecule has 0 saturated carbocycles. The Morgan fingerprint density at radius 2 is 1.18 bits per heavy atom. The van der Waals surface area contributed by atoms with E-state index in [9.17, 15) is 13.8 Å². The molecule has 0 bridgehead atoms. The topological polar surface area (TPSA) is 114 Å². The van der Waals surface area contributed by atoms with Crippen LogP contribution < -0.4 is 10.5 Å². The smallest absolute Gasteiger partial charge is 0.410 e. The van der Waals surface area contributed by atoms with Crippen LogP contribution in [0.4, 0.5) is 9.59 Å². The van der Waals surface area contributed by atoms with Gasteiger partial charge in [-0.1, -0.05) is 0 Å². The van der Waals surface area contributed by atoms with E-state index in [1.807, 2.05) is 76.2 Å². The van der Waals surface area contributed by atoms with Crippen molar-refractivity contribution in [2.75, 3.05) is 26.2 Å². The monoisotopic (exact) mass is 504 g/mol. The maximum atomic E-state index is 12.0. The highest BCUT2D eigenvalue weighted by Gasteiger charge is 2.38. The summed E-state index contributed by atoms with van der Waals surface area (Å²) >= 11 is 0. The van der Waals surface area contributed by atoms with Gasteiger partial charge in [0.05, 0.1) is 15.7 Å².